The van der Waals surface area contributed by atoms with E-state index in [1.807, 2.05) is 6.92 Å². The van der Waals surface area contributed by atoms with Gasteiger partial charge in [0.25, 0.3) is 10.0 Å². The van der Waals surface area contributed by atoms with Crippen LogP contribution in [0.1, 0.15) is 5.56 Å². The highest BCUT2D eigenvalue weighted by atomic mass is 79.9. The molecular formula is C12H12BrN3O2S. The summed E-state index contributed by atoms with van der Waals surface area (Å²) in [5.74, 6) is 0.162. The van der Waals surface area contributed by atoms with Gasteiger partial charge in [0, 0.05) is 22.4 Å². The molecule has 0 amide bonds. The monoisotopic (exact) mass is 341 g/mol. The molecule has 0 spiro atoms. The van der Waals surface area contributed by atoms with Crippen molar-refractivity contribution in [3.63, 3.8) is 0 Å². The zero-order valence-corrected chi connectivity index (χ0v) is 12.5. The zero-order chi connectivity index (χ0) is 14.0. The Labute approximate surface area is 120 Å². The predicted molar refractivity (Wildman–Crippen MR) is 78.3 cm³/mol. The summed E-state index contributed by atoms with van der Waals surface area (Å²) in [6.07, 6.45) is 1.36. The Bertz CT molecular complexity index is 717. The molecule has 2 aromatic rings. The molecule has 0 bridgehead atoms. The van der Waals surface area contributed by atoms with Gasteiger partial charge >= 0.3 is 0 Å². The highest BCUT2D eigenvalue weighted by Crippen LogP contribution is 2.22. The van der Waals surface area contributed by atoms with Crippen LogP contribution in [0.2, 0.25) is 0 Å². The van der Waals surface area contributed by atoms with Gasteiger partial charge in [-0.15, -0.1) is 0 Å². The Hall–Kier alpha value is -1.60. The van der Waals surface area contributed by atoms with Gasteiger partial charge < -0.3 is 5.73 Å². The summed E-state index contributed by atoms with van der Waals surface area (Å²) in [5.41, 5.74) is 6.92. The number of hydrogen-bond donors (Lipinski definition) is 2. The third-order valence-electron chi connectivity index (χ3n) is 2.47. The van der Waals surface area contributed by atoms with Crippen LogP contribution in [0.3, 0.4) is 0 Å². The molecule has 0 saturated heterocycles. The fourth-order valence-electron chi connectivity index (χ4n) is 1.52. The molecule has 0 fully saturated rings. The quantitative estimate of drug-likeness (QED) is 0.898. The molecule has 1 aromatic heterocycles. The number of sulfonamides is 1. The molecule has 5 nitrogen and oxygen atoms in total. The third-order valence-corrected chi connectivity index (χ3v) is 4.74. The minimum Gasteiger partial charge on any atom is -0.384 e. The summed E-state index contributed by atoms with van der Waals surface area (Å²) in [4.78, 5) is 3.85. The second-order valence-corrected chi connectivity index (χ2v) is 6.52. The van der Waals surface area contributed by atoms with Gasteiger partial charge in [-0.3, -0.25) is 4.72 Å². The second kappa shape index (κ2) is 5.18. The van der Waals surface area contributed by atoms with Gasteiger partial charge in [0.1, 0.15) is 5.82 Å². The number of nitrogens with zero attached hydrogens (tertiary/aromatic N) is 1. The molecule has 0 aliphatic rings. The van der Waals surface area contributed by atoms with Crippen molar-refractivity contribution in [3.05, 3.63) is 46.6 Å². The average molecular weight is 342 g/mol. The van der Waals surface area contributed by atoms with Crippen molar-refractivity contribution in [1.82, 2.24) is 4.98 Å². The molecule has 0 saturated carbocycles. The van der Waals surface area contributed by atoms with Crippen LogP contribution in [0.15, 0.2) is 45.9 Å². The number of pyridine rings is 1. The first kappa shape index (κ1) is 13.8. The Morgan fingerprint density at radius 1 is 1.26 bits per heavy atom. The lowest BCUT2D eigenvalue weighted by molar-refractivity contribution is 0.601. The van der Waals surface area contributed by atoms with E-state index >= 15 is 0 Å². The van der Waals surface area contributed by atoms with E-state index in [9.17, 15) is 8.42 Å². The molecule has 0 radical (unpaired) electrons. The molecule has 1 aromatic carbocycles. The van der Waals surface area contributed by atoms with E-state index in [-0.39, 0.29) is 10.7 Å². The minimum absolute atomic E-state index is 0.0839. The van der Waals surface area contributed by atoms with Crippen molar-refractivity contribution in [2.45, 2.75) is 11.8 Å². The lowest BCUT2D eigenvalue weighted by Gasteiger charge is -2.09. The van der Waals surface area contributed by atoms with Crippen LogP contribution in [-0.4, -0.2) is 13.4 Å². The zero-order valence-electron chi connectivity index (χ0n) is 10.1. The first-order chi connectivity index (χ1) is 8.88. The van der Waals surface area contributed by atoms with E-state index < -0.39 is 10.0 Å². The van der Waals surface area contributed by atoms with Gasteiger partial charge in [0.05, 0.1) is 4.90 Å². The maximum absolute atomic E-state index is 12.1. The largest absolute Gasteiger partial charge is 0.384 e. The van der Waals surface area contributed by atoms with Crippen molar-refractivity contribution < 1.29 is 8.42 Å². The smallest absolute Gasteiger partial charge is 0.262 e. The van der Waals surface area contributed by atoms with E-state index in [0.717, 1.165) is 10.0 Å². The first-order valence-corrected chi connectivity index (χ1v) is 7.66. The lowest BCUT2D eigenvalue weighted by atomic mass is 10.2. The summed E-state index contributed by atoms with van der Waals surface area (Å²) in [6, 6.07) is 7.91. The third kappa shape index (κ3) is 3.24. The number of nitrogens with one attached hydrogen (secondary N) is 1. The number of benzene rings is 1. The van der Waals surface area contributed by atoms with E-state index in [2.05, 4.69) is 25.6 Å². The van der Waals surface area contributed by atoms with Crippen LogP contribution in [0.5, 0.6) is 0 Å². The summed E-state index contributed by atoms with van der Waals surface area (Å²) in [6.45, 7) is 1.88. The Balaban J connectivity index is 2.33. The fraction of sp³-hybridized carbons (Fsp3) is 0.0833. The predicted octanol–water partition coefficient (Wildman–Crippen LogP) is 2.54. The highest BCUT2D eigenvalue weighted by molar-refractivity contribution is 9.10. The number of nitrogens with two attached hydrogens (primary N) is 1. The number of aromatic nitrogens is 1. The van der Waals surface area contributed by atoms with Crippen molar-refractivity contribution >= 4 is 37.5 Å². The van der Waals surface area contributed by atoms with Crippen molar-refractivity contribution in [1.29, 1.82) is 0 Å². The topological polar surface area (TPSA) is 85.1 Å². The van der Waals surface area contributed by atoms with Crippen molar-refractivity contribution in [2.24, 2.45) is 0 Å². The minimum atomic E-state index is -3.65. The lowest BCUT2D eigenvalue weighted by Crippen LogP contribution is -2.13. The van der Waals surface area contributed by atoms with E-state index in [0.29, 0.717) is 5.69 Å². The molecule has 0 aliphatic heterocycles. The van der Waals surface area contributed by atoms with Crippen LogP contribution in [-0.2, 0) is 10.0 Å². The molecule has 100 valence electrons. The summed E-state index contributed by atoms with van der Waals surface area (Å²) >= 11 is 3.36. The first-order valence-electron chi connectivity index (χ1n) is 5.39. The van der Waals surface area contributed by atoms with E-state index in [1.165, 1.54) is 18.3 Å². The summed E-state index contributed by atoms with van der Waals surface area (Å²) < 4.78 is 27.7. The maximum Gasteiger partial charge on any atom is 0.262 e. The summed E-state index contributed by atoms with van der Waals surface area (Å²) in [5, 5.41) is 0. The number of hydrogen-bond acceptors (Lipinski definition) is 4. The second-order valence-electron chi connectivity index (χ2n) is 3.99. The number of halogens is 1. The van der Waals surface area contributed by atoms with Gasteiger partial charge in [-0.2, -0.15) is 0 Å². The standard InChI is InChI=1S/C12H12BrN3O2S/c1-8-6-9(2-3-11(8)13)16-19(17,18)10-4-5-15-12(14)7-10/h2-7,16H,1H3,(H2,14,15). The van der Waals surface area contributed by atoms with Gasteiger partial charge in [-0.05, 0) is 36.8 Å². The molecule has 2 rings (SSSR count). The van der Waals surface area contributed by atoms with Crippen LogP contribution in [0.25, 0.3) is 0 Å². The maximum atomic E-state index is 12.1. The number of nitrogen functional groups attached to an aromatic ring is 1. The molecule has 0 aliphatic carbocycles. The number of rotatable bonds is 3. The van der Waals surface area contributed by atoms with Crippen LogP contribution in [0, 0.1) is 6.92 Å². The molecule has 0 atom stereocenters. The van der Waals surface area contributed by atoms with Crippen LogP contribution < -0.4 is 10.5 Å². The van der Waals surface area contributed by atoms with Gasteiger partial charge in [0.15, 0.2) is 0 Å². The molecule has 1 heterocycles. The van der Waals surface area contributed by atoms with E-state index in [4.69, 9.17) is 5.73 Å². The number of aryl methyl sites for hydroxylation is 1. The van der Waals surface area contributed by atoms with Gasteiger partial charge in [-0.25, -0.2) is 13.4 Å². The number of anilines is 2. The highest BCUT2D eigenvalue weighted by Gasteiger charge is 2.14. The SMILES string of the molecule is Cc1cc(NS(=O)(=O)c2ccnc(N)c2)ccc1Br. The molecular weight excluding hydrogens is 330 g/mol. The van der Waals surface area contributed by atoms with E-state index in [1.54, 1.807) is 18.2 Å². The van der Waals surface area contributed by atoms with Crippen molar-refractivity contribution in [2.75, 3.05) is 10.5 Å². The molecule has 3 N–H and O–H groups in total. The summed E-state index contributed by atoms with van der Waals surface area (Å²) in [7, 11) is -3.65. The molecule has 19 heavy (non-hydrogen) atoms. The normalized spacial score (nSPS) is 11.3. The molecule has 7 heteroatoms. The Morgan fingerprint density at radius 2 is 2.00 bits per heavy atom. The van der Waals surface area contributed by atoms with Crippen LogP contribution in [0.4, 0.5) is 11.5 Å². The van der Waals surface area contributed by atoms with Crippen molar-refractivity contribution in [3.8, 4) is 0 Å². The molecule has 0 unspecified atom stereocenters. The average Bonchev–Trinajstić information content (AvgIpc) is 2.33. The Morgan fingerprint density at radius 3 is 2.63 bits per heavy atom. The van der Waals surface area contributed by atoms with Crippen LogP contribution >= 0.6 is 15.9 Å². The fourth-order valence-corrected chi connectivity index (χ4v) is 2.83. The van der Waals surface area contributed by atoms with Gasteiger partial charge in [-0.1, -0.05) is 15.9 Å². The Kier molecular flexibility index (Phi) is 3.77. The van der Waals surface area contributed by atoms with Gasteiger partial charge in [0.2, 0.25) is 0 Å².